The molecule has 0 radical (unpaired) electrons. The Kier molecular flexibility index (Phi) is 11.7. The molecule has 0 N–H and O–H groups in total. The summed E-state index contributed by atoms with van der Waals surface area (Å²) in [6.07, 6.45) is 0. The number of aryl methyl sites for hydroxylation is 7. The highest BCUT2D eigenvalue weighted by molar-refractivity contribution is 9.27. The molecule has 0 atom stereocenters. The van der Waals surface area contributed by atoms with E-state index >= 15 is 35.1 Å². The normalized spacial score (nSPS) is 13.9. The third-order valence-electron chi connectivity index (χ3n) is 10.1. The standard InChI is InChI=1S/C36H31BBrF10P.C7H8/c1-14-10-16(3)32(17(4)11-14)49(33-18(5)12-15(2)13-19(33)6)34(36(7,8)9)35(49)37(38,20-22(39)26(43)30(47)27(44)23(20)40)21-24(41)28(45)31(48)29(46)25(21)42;1-7-5-3-2-4-6-7/h10-13H,1-9H3;2-6H,1H3. The van der Waals surface area contributed by atoms with E-state index in [1.165, 1.54) is 5.56 Å². The van der Waals surface area contributed by atoms with Gasteiger partial charge in [0.2, 0.25) is 4.97 Å². The van der Waals surface area contributed by atoms with Crippen LogP contribution in [0.5, 0.6) is 0 Å². The van der Waals surface area contributed by atoms with Gasteiger partial charge in [0.25, 0.3) is 0 Å². The minimum absolute atomic E-state index is 0.184. The van der Waals surface area contributed by atoms with Gasteiger partial charge in [-0.15, -0.1) is 10.9 Å². The first-order valence-electron chi connectivity index (χ1n) is 17.6. The quantitative estimate of drug-likeness (QED) is 0.0543. The molecular weight excluding hydrogens is 828 g/mol. The Labute approximate surface area is 329 Å². The van der Waals surface area contributed by atoms with E-state index in [2.05, 4.69) is 34.8 Å². The first-order chi connectivity index (χ1) is 25.9. The van der Waals surface area contributed by atoms with Gasteiger partial charge in [-0.05, 0) is 75.9 Å². The first-order valence-corrected chi connectivity index (χ1v) is 20.3. The predicted octanol–water partition coefficient (Wildman–Crippen LogP) is 11.9. The Morgan fingerprint density at radius 2 is 0.732 bits per heavy atom. The molecule has 0 aromatic heterocycles. The van der Waals surface area contributed by atoms with Crippen molar-refractivity contribution in [3.05, 3.63) is 162 Å². The average Bonchev–Trinajstić information content (AvgIpc) is 3.79. The van der Waals surface area contributed by atoms with E-state index in [4.69, 9.17) is 0 Å². The van der Waals surface area contributed by atoms with E-state index in [9.17, 15) is 8.78 Å². The number of benzene rings is 5. The van der Waals surface area contributed by atoms with Crippen LogP contribution in [0, 0.1) is 112 Å². The summed E-state index contributed by atoms with van der Waals surface area (Å²) in [6, 6.07) is 17.5. The summed E-state index contributed by atoms with van der Waals surface area (Å²) in [5.74, 6) is -24.8. The van der Waals surface area contributed by atoms with Crippen LogP contribution in [0.3, 0.4) is 0 Å². The van der Waals surface area contributed by atoms with Gasteiger partial charge in [-0.2, -0.15) is 0 Å². The van der Waals surface area contributed by atoms with Gasteiger partial charge in [-0.3, -0.25) is 0 Å². The second-order valence-electron chi connectivity index (χ2n) is 15.5. The van der Waals surface area contributed by atoms with Crippen LogP contribution in [-0.2, 0) is 0 Å². The van der Waals surface area contributed by atoms with Crippen molar-refractivity contribution < 1.29 is 43.9 Å². The molecule has 5 aromatic carbocycles. The summed E-state index contributed by atoms with van der Waals surface area (Å²) >= 11 is 3.11. The third-order valence-corrected chi connectivity index (χ3v) is 17.3. The smallest absolute Gasteiger partial charge is 0.201 e. The van der Waals surface area contributed by atoms with Crippen LogP contribution in [0.4, 0.5) is 43.9 Å². The lowest BCUT2D eigenvalue weighted by atomic mass is 9.38. The number of hydrogen-bond donors (Lipinski definition) is 0. The molecule has 0 aliphatic carbocycles. The fourth-order valence-electron chi connectivity index (χ4n) is 8.48. The molecule has 0 bridgehead atoms. The van der Waals surface area contributed by atoms with E-state index in [1.54, 1.807) is 48.5 Å². The van der Waals surface area contributed by atoms with E-state index in [1.807, 2.05) is 56.3 Å². The van der Waals surface area contributed by atoms with Crippen LogP contribution in [0.15, 0.2) is 65.1 Å². The molecule has 0 spiro atoms. The highest BCUT2D eigenvalue weighted by Gasteiger charge is 2.73. The van der Waals surface area contributed by atoms with Crippen molar-refractivity contribution in [2.75, 3.05) is 0 Å². The lowest BCUT2D eigenvalue weighted by Crippen LogP contribution is -2.60. The Morgan fingerprint density at radius 1 is 0.446 bits per heavy atom. The zero-order valence-electron chi connectivity index (χ0n) is 32.4. The largest absolute Gasteiger partial charge is 0.332 e. The molecule has 296 valence electrons. The van der Waals surface area contributed by atoms with Crippen LogP contribution in [-0.4, -0.2) is 4.97 Å². The summed E-state index contributed by atoms with van der Waals surface area (Å²) < 4.78 is 154. The highest BCUT2D eigenvalue weighted by atomic mass is 79.9. The number of hydrogen-bond acceptors (Lipinski definition) is 0. The average molecular weight is 867 g/mol. The van der Waals surface area contributed by atoms with E-state index in [-0.39, 0.29) is 5.21 Å². The first kappa shape index (κ1) is 43.2. The molecule has 0 saturated carbocycles. The molecule has 1 aliphatic heterocycles. The maximum atomic E-state index is 16.2. The Hall–Kier alpha value is -3.89. The molecule has 0 nitrogen and oxygen atoms in total. The monoisotopic (exact) mass is 866 g/mol. The summed E-state index contributed by atoms with van der Waals surface area (Å²) in [5, 5.41) is 1.31. The number of allylic oxidation sites excluding steroid dienone is 1. The lowest BCUT2D eigenvalue weighted by molar-refractivity contribution is 0.382. The van der Waals surface area contributed by atoms with Gasteiger partial charge >= 0.3 is 0 Å². The number of rotatable bonds is 5. The Morgan fingerprint density at radius 3 is 0.982 bits per heavy atom. The maximum Gasteiger partial charge on any atom is 0.201 e. The SMILES string of the molecule is Cc1cc(C)c([P+]2(c3c(C)cc(C)cc3C)C([B-](Br)(c3c(F)c(F)c(F)c(F)c3F)c3c(F)c(F)c(F)c(F)c3F)=C2C(C)(C)C)c(C)c1.Cc1ccccc1. The predicted molar refractivity (Wildman–Crippen MR) is 212 cm³/mol. The van der Waals surface area contributed by atoms with Gasteiger partial charge < -0.3 is 15.8 Å². The summed E-state index contributed by atoms with van der Waals surface area (Å²) in [7, 11) is -3.57. The molecule has 13 heteroatoms. The van der Waals surface area contributed by atoms with E-state index in [0.717, 1.165) is 11.1 Å². The van der Waals surface area contributed by atoms with Crippen LogP contribution in [0.25, 0.3) is 0 Å². The van der Waals surface area contributed by atoms with Gasteiger partial charge in [0.15, 0.2) is 34.9 Å². The van der Waals surface area contributed by atoms with Gasteiger partial charge in [0, 0.05) is 5.41 Å². The van der Waals surface area contributed by atoms with Gasteiger partial charge in [-0.25, -0.2) is 43.9 Å². The topological polar surface area (TPSA) is 0 Å². The van der Waals surface area contributed by atoms with Crippen molar-refractivity contribution in [3.63, 3.8) is 0 Å². The van der Waals surface area contributed by atoms with Gasteiger partial charge in [0.1, 0.15) is 41.1 Å². The molecule has 0 unspecified atom stereocenters. The minimum Gasteiger partial charge on any atom is -0.332 e. The third kappa shape index (κ3) is 6.72. The van der Waals surface area contributed by atoms with Crippen LogP contribution in [0.2, 0.25) is 0 Å². The molecule has 1 aliphatic rings. The van der Waals surface area contributed by atoms with Crippen LogP contribution >= 0.6 is 23.0 Å². The highest BCUT2D eigenvalue weighted by Crippen LogP contribution is 2.91. The minimum atomic E-state index is -4.37. The zero-order chi connectivity index (χ0) is 42.1. The zero-order valence-corrected chi connectivity index (χ0v) is 34.9. The molecule has 0 saturated heterocycles. The molecule has 0 amide bonds. The van der Waals surface area contributed by atoms with Crippen molar-refractivity contribution in [1.82, 2.24) is 0 Å². The molecule has 5 aromatic rings. The van der Waals surface area contributed by atoms with E-state index < -0.39 is 86.7 Å². The van der Waals surface area contributed by atoms with Crippen LogP contribution < -0.4 is 21.5 Å². The van der Waals surface area contributed by atoms with Gasteiger partial charge in [-0.1, -0.05) is 92.1 Å². The molecular formula is C43H39BBrF10P. The molecule has 0 fully saturated rings. The summed E-state index contributed by atoms with van der Waals surface area (Å²) in [6.45, 7) is 17.8. The van der Waals surface area contributed by atoms with Crippen molar-refractivity contribution >= 4 is 49.5 Å². The van der Waals surface area contributed by atoms with Crippen molar-refractivity contribution in [2.45, 2.75) is 69.2 Å². The molecule has 56 heavy (non-hydrogen) atoms. The lowest BCUT2D eigenvalue weighted by Gasteiger charge is -2.36. The summed E-state index contributed by atoms with van der Waals surface area (Å²) in [5.41, 5.74) is 0.990. The van der Waals surface area contributed by atoms with E-state index in [0.29, 0.717) is 38.2 Å². The molecule has 6 rings (SSSR count). The Bertz CT molecular complexity index is 2220. The fourth-order valence-corrected chi connectivity index (χ4v) is 17.3. The van der Waals surface area contributed by atoms with Crippen molar-refractivity contribution in [3.8, 4) is 0 Å². The van der Waals surface area contributed by atoms with Crippen LogP contribution in [0.1, 0.15) is 59.7 Å². The van der Waals surface area contributed by atoms with Crippen molar-refractivity contribution in [2.24, 2.45) is 5.41 Å². The Balaban J connectivity index is 0.000000771. The summed E-state index contributed by atoms with van der Waals surface area (Å²) in [4.78, 5) is -4.37. The van der Waals surface area contributed by atoms with Gasteiger partial charge in [0.05, 0.1) is 5.31 Å². The second kappa shape index (κ2) is 15.1. The van der Waals surface area contributed by atoms with Crippen molar-refractivity contribution in [1.29, 1.82) is 0 Å². The maximum absolute atomic E-state index is 16.2. The molecule has 1 heterocycles. The second-order valence-corrected chi connectivity index (χ2v) is 20.1. The number of halogens is 11. The fraction of sp³-hybridized carbons (Fsp3) is 0.256.